The van der Waals surface area contributed by atoms with Gasteiger partial charge in [0.2, 0.25) is 0 Å². The van der Waals surface area contributed by atoms with Crippen molar-refractivity contribution in [1.82, 2.24) is 9.88 Å². The summed E-state index contributed by atoms with van der Waals surface area (Å²) in [7, 11) is 0. The van der Waals surface area contributed by atoms with E-state index < -0.39 is 0 Å². The third-order valence-electron chi connectivity index (χ3n) is 6.06. The number of piperazine rings is 1. The first-order valence-electron chi connectivity index (χ1n) is 11.1. The Balaban J connectivity index is 1.23. The van der Waals surface area contributed by atoms with E-state index >= 15 is 0 Å². The van der Waals surface area contributed by atoms with E-state index in [1.165, 1.54) is 23.0 Å². The van der Waals surface area contributed by atoms with Crippen LogP contribution < -0.4 is 10.2 Å². The van der Waals surface area contributed by atoms with Crippen LogP contribution >= 0.6 is 11.3 Å². The maximum absolute atomic E-state index is 14.0. The Bertz CT molecular complexity index is 1250. The van der Waals surface area contributed by atoms with Gasteiger partial charge >= 0.3 is 0 Å². The molecule has 3 heterocycles. The highest BCUT2D eigenvalue weighted by Crippen LogP contribution is 2.31. The molecule has 0 aliphatic carbocycles. The van der Waals surface area contributed by atoms with Crippen molar-refractivity contribution in [2.24, 2.45) is 0 Å². The number of nitrogens with zero attached hydrogens (tertiary/aromatic N) is 3. The minimum Gasteiger partial charge on any atom is -0.367 e. The monoisotopic (exact) mass is 460 g/mol. The number of aromatic nitrogens is 1. The van der Waals surface area contributed by atoms with Crippen LogP contribution in [0.1, 0.15) is 15.2 Å². The Hall–Kier alpha value is -3.29. The average molecular weight is 461 g/mol. The van der Waals surface area contributed by atoms with E-state index in [2.05, 4.69) is 32.2 Å². The molecule has 0 atom stereocenters. The number of thiophene rings is 1. The van der Waals surface area contributed by atoms with Gasteiger partial charge in [-0.05, 0) is 54.4 Å². The molecule has 0 radical (unpaired) electrons. The highest BCUT2D eigenvalue weighted by Gasteiger charge is 2.20. The average Bonchev–Trinajstić information content (AvgIpc) is 3.30. The Kier molecular flexibility index (Phi) is 6.32. The predicted molar refractivity (Wildman–Crippen MR) is 133 cm³/mol. The summed E-state index contributed by atoms with van der Waals surface area (Å²) in [4.78, 5) is 22.3. The van der Waals surface area contributed by atoms with Crippen molar-refractivity contribution in [3.05, 3.63) is 89.3 Å². The van der Waals surface area contributed by atoms with Gasteiger partial charge in [-0.2, -0.15) is 0 Å². The number of hydrogen-bond donors (Lipinski definition) is 1. The number of fused-ring (bicyclic) bond motifs is 1. The lowest BCUT2D eigenvalue weighted by molar-refractivity contribution is 0.103. The number of rotatable bonds is 6. The van der Waals surface area contributed by atoms with Crippen LogP contribution in [0.25, 0.3) is 10.1 Å². The molecule has 1 N–H and O–H groups in total. The maximum Gasteiger partial charge on any atom is 0.265 e. The summed E-state index contributed by atoms with van der Waals surface area (Å²) < 4.78 is 14.8. The number of carbonyl (C=O) groups excluding carboxylic acids is 1. The van der Waals surface area contributed by atoms with Gasteiger partial charge in [-0.1, -0.05) is 18.2 Å². The van der Waals surface area contributed by atoms with Crippen LogP contribution in [-0.4, -0.2) is 48.5 Å². The van der Waals surface area contributed by atoms with Gasteiger partial charge in [-0.3, -0.25) is 14.7 Å². The molecule has 7 heteroatoms. The summed E-state index contributed by atoms with van der Waals surface area (Å²) in [5, 5.41) is 3.54. The van der Waals surface area contributed by atoms with E-state index in [-0.39, 0.29) is 11.7 Å². The fourth-order valence-electron chi connectivity index (χ4n) is 4.23. The maximum atomic E-state index is 14.0. The van der Waals surface area contributed by atoms with Gasteiger partial charge < -0.3 is 10.2 Å². The van der Waals surface area contributed by atoms with Crippen molar-refractivity contribution in [3.8, 4) is 0 Å². The number of anilines is 2. The van der Waals surface area contributed by atoms with E-state index in [0.29, 0.717) is 10.3 Å². The minimum absolute atomic E-state index is 0.209. The van der Waals surface area contributed by atoms with E-state index in [1.54, 1.807) is 12.1 Å². The molecular formula is C26H25FN4OS. The zero-order valence-corrected chi connectivity index (χ0v) is 19.0. The molecule has 2 aromatic heterocycles. The van der Waals surface area contributed by atoms with Gasteiger partial charge in [0, 0.05) is 55.2 Å². The van der Waals surface area contributed by atoms with Crippen LogP contribution in [0.15, 0.2) is 73.1 Å². The molecule has 168 valence electrons. The number of nitrogens with one attached hydrogen (secondary N) is 1. The van der Waals surface area contributed by atoms with Gasteiger partial charge in [0.1, 0.15) is 5.82 Å². The first-order chi connectivity index (χ1) is 16.2. The fraction of sp³-hybridized carbons (Fsp3) is 0.231. The Labute approximate surface area is 196 Å². The fourth-order valence-corrected chi connectivity index (χ4v) is 5.20. The standard InChI is InChI=1S/C26H25FN4OS/c27-21-4-3-7-24-20(21)18-25(33-24)26(32)29-22-5-1-2-6-23(22)31-16-14-30(15-17-31)13-10-19-8-11-28-12-9-19/h1-9,11-12,18H,10,13-17H2,(H,29,32). The van der Waals surface area contributed by atoms with Gasteiger partial charge in [0.15, 0.2) is 0 Å². The molecule has 0 spiro atoms. The molecule has 4 aromatic rings. The minimum atomic E-state index is -0.301. The van der Waals surface area contributed by atoms with Gasteiger partial charge in [-0.15, -0.1) is 11.3 Å². The third kappa shape index (κ3) is 4.89. The molecule has 5 nitrogen and oxygen atoms in total. The van der Waals surface area contributed by atoms with Crippen molar-refractivity contribution < 1.29 is 9.18 Å². The molecule has 5 rings (SSSR count). The summed E-state index contributed by atoms with van der Waals surface area (Å²) in [6, 6.07) is 18.6. The molecule has 1 aliphatic heterocycles. The van der Waals surface area contributed by atoms with Crippen molar-refractivity contribution >= 4 is 38.7 Å². The second-order valence-corrected chi connectivity index (χ2v) is 9.25. The number of para-hydroxylation sites is 2. The quantitative estimate of drug-likeness (QED) is 0.437. The highest BCUT2D eigenvalue weighted by atomic mass is 32.1. The Morgan fingerprint density at radius 2 is 1.79 bits per heavy atom. The summed E-state index contributed by atoms with van der Waals surface area (Å²) in [5.41, 5.74) is 3.11. The topological polar surface area (TPSA) is 48.5 Å². The number of carbonyl (C=O) groups is 1. The molecular weight excluding hydrogens is 435 g/mol. The van der Waals surface area contributed by atoms with Crippen LogP contribution in [0.5, 0.6) is 0 Å². The second kappa shape index (κ2) is 9.68. The molecule has 2 aromatic carbocycles. The number of amides is 1. The van der Waals surface area contributed by atoms with Gasteiger partial charge in [-0.25, -0.2) is 4.39 Å². The molecule has 33 heavy (non-hydrogen) atoms. The van der Waals surface area contributed by atoms with Crippen LogP contribution in [0.3, 0.4) is 0 Å². The van der Waals surface area contributed by atoms with Crippen molar-refractivity contribution in [3.63, 3.8) is 0 Å². The van der Waals surface area contributed by atoms with Crippen molar-refractivity contribution in [2.75, 3.05) is 42.9 Å². The van der Waals surface area contributed by atoms with Crippen molar-refractivity contribution in [1.29, 1.82) is 0 Å². The molecule has 0 bridgehead atoms. The van der Waals surface area contributed by atoms with Crippen molar-refractivity contribution in [2.45, 2.75) is 6.42 Å². The van der Waals surface area contributed by atoms with E-state index in [9.17, 15) is 9.18 Å². The molecule has 1 fully saturated rings. The number of hydrogen-bond acceptors (Lipinski definition) is 5. The van der Waals surface area contributed by atoms with Crippen LogP contribution in [0.4, 0.5) is 15.8 Å². The first kappa shape index (κ1) is 21.6. The molecule has 1 saturated heterocycles. The first-order valence-corrected chi connectivity index (χ1v) is 11.9. The molecule has 1 aliphatic rings. The highest BCUT2D eigenvalue weighted by molar-refractivity contribution is 7.20. The Morgan fingerprint density at radius 1 is 1.00 bits per heavy atom. The predicted octanol–water partition coefficient (Wildman–Crippen LogP) is 5.05. The lowest BCUT2D eigenvalue weighted by Gasteiger charge is -2.37. The zero-order valence-electron chi connectivity index (χ0n) is 18.2. The lowest BCUT2D eigenvalue weighted by atomic mass is 10.1. The summed E-state index contributed by atoms with van der Waals surface area (Å²) in [6.07, 6.45) is 4.70. The van der Waals surface area contributed by atoms with E-state index in [1.807, 2.05) is 42.7 Å². The molecule has 1 amide bonds. The van der Waals surface area contributed by atoms with Gasteiger partial charge in [0.05, 0.1) is 16.3 Å². The summed E-state index contributed by atoms with van der Waals surface area (Å²) in [5.74, 6) is -0.510. The molecule has 0 unspecified atom stereocenters. The smallest absolute Gasteiger partial charge is 0.265 e. The van der Waals surface area contributed by atoms with Crippen LogP contribution in [-0.2, 0) is 6.42 Å². The zero-order chi connectivity index (χ0) is 22.6. The lowest BCUT2D eigenvalue weighted by Crippen LogP contribution is -2.47. The number of pyridine rings is 1. The normalized spacial score (nSPS) is 14.5. The van der Waals surface area contributed by atoms with Gasteiger partial charge in [0.25, 0.3) is 5.91 Å². The molecule has 0 saturated carbocycles. The summed E-state index contributed by atoms with van der Waals surface area (Å²) in [6.45, 7) is 4.78. The van der Waals surface area contributed by atoms with E-state index in [4.69, 9.17) is 0 Å². The van der Waals surface area contributed by atoms with E-state index in [0.717, 1.165) is 55.2 Å². The number of benzene rings is 2. The third-order valence-corrected chi connectivity index (χ3v) is 7.16. The van der Waals surface area contributed by atoms with Crippen LogP contribution in [0, 0.1) is 5.82 Å². The summed E-state index contributed by atoms with van der Waals surface area (Å²) >= 11 is 1.31. The van der Waals surface area contributed by atoms with Crippen LogP contribution in [0.2, 0.25) is 0 Å². The second-order valence-electron chi connectivity index (χ2n) is 8.17. The number of halogens is 1. The largest absolute Gasteiger partial charge is 0.367 e. The Morgan fingerprint density at radius 3 is 2.58 bits per heavy atom. The SMILES string of the molecule is O=C(Nc1ccccc1N1CCN(CCc2ccncc2)CC1)c1cc2c(F)cccc2s1.